The second-order valence-corrected chi connectivity index (χ2v) is 13.6. The summed E-state index contributed by atoms with van der Waals surface area (Å²) in [6, 6.07) is 2.75. The third-order valence-corrected chi connectivity index (χ3v) is 9.01. The van der Waals surface area contributed by atoms with E-state index in [9.17, 15) is 14.4 Å². The summed E-state index contributed by atoms with van der Waals surface area (Å²) >= 11 is 6.17. The van der Waals surface area contributed by atoms with Gasteiger partial charge in [0.2, 0.25) is 11.8 Å². The van der Waals surface area contributed by atoms with E-state index in [2.05, 4.69) is 15.3 Å². The van der Waals surface area contributed by atoms with Crippen molar-refractivity contribution in [3.63, 3.8) is 0 Å². The number of ketones is 1. The normalized spacial score (nSPS) is 29.8. The van der Waals surface area contributed by atoms with Crippen LogP contribution in [0, 0.1) is 17.3 Å². The molecule has 0 spiro atoms. The molecule has 5 rings (SSSR count). The van der Waals surface area contributed by atoms with Crippen LogP contribution in [0.15, 0.2) is 18.2 Å². The van der Waals surface area contributed by atoms with Gasteiger partial charge in [0.15, 0.2) is 11.5 Å². The molecule has 2 bridgehead atoms. The Kier molecular flexibility index (Phi) is 8.59. The van der Waals surface area contributed by atoms with Crippen LogP contribution in [-0.4, -0.2) is 63.5 Å². The lowest BCUT2D eigenvalue weighted by Gasteiger charge is -2.35. The molecule has 43 heavy (non-hydrogen) atoms. The number of benzene rings is 1. The van der Waals surface area contributed by atoms with E-state index >= 15 is 8.78 Å². The highest BCUT2D eigenvalue weighted by atomic mass is 35.5. The largest absolute Gasteiger partial charge is 0.471 e. The number of nitrogens with one attached hydrogen (secondary N) is 1. The third kappa shape index (κ3) is 6.56. The smallest absolute Gasteiger partial charge is 0.408 e. The van der Waals surface area contributed by atoms with Crippen LogP contribution in [0.4, 0.5) is 13.6 Å². The van der Waals surface area contributed by atoms with E-state index in [1.54, 1.807) is 6.07 Å². The summed E-state index contributed by atoms with van der Waals surface area (Å²) in [5, 5.41) is 3.12. The van der Waals surface area contributed by atoms with Crippen molar-refractivity contribution >= 4 is 40.4 Å². The van der Waals surface area contributed by atoms with Crippen LogP contribution in [0.1, 0.15) is 78.8 Å². The number of ether oxygens (including phenoxy) is 2. The van der Waals surface area contributed by atoms with E-state index in [0.29, 0.717) is 36.2 Å². The molecule has 2 aromatic rings. The van der Waals surface area contributed by atoms with Crippen molar-refractivity contribution in [3.8, 4) is 5.88 Å². The molecule has 0 radical (unpaired) electrons. The van der Waals surface area contributed by atoms with E-state index in [4.69, 9.17) is 21.1 Å². The van der Waals surface area contributed by atoms with Gasteiger partial charge in [0, 0.05) is 17.4 Å². The van der Waals surface area contributed by atoms with Crippen LogP contribution < -0.4 is 10.1 Å². The minimum atomic E-state index is -3.35. The predicted octanol–water partition coefficient (Wildman–Crippen LogP) is 6.05. The first-order valence-corrected chi connectivity index (χ1v) is 15.4. The number of hydrogen-bond donors (Lipinski definition) is 1. The lowest BCUT2D eigenvalue weighted by Crippen LogP contribution is -2.57. The maximum absolute atomic E-state index is 15.9. The summed E-state index contributed by atoms with van der Waals surface area (Å²) in [7, 11) is 0. The fraction of sp³-hybridized carbons (Fsp3) is 0.645. The Morgan fingerprint density at radius 2 is 1.88 bits per heavy atom. The Morgan fingerprint density at radius 3 is 2.56 bits per heavy atom. The number of hydrogen-bond acceptors (Lipinski definition) is 7. The number of Topliss-reactive ketones (excluding diaryl/α,β-unsaturated/α-hetero) is 1. The number of alkyl halides is 2. The summed E-state index contributed by atoms with van der Waals surface area (Å²) in [6.07, 6.45) is 0.129. The summed E-state index contributed by atoms with van der Waals surface area (Å²) in [5.41, 5.74) is -0.746. The molecular formula is C31H39ClF2N4O5. The van der Waals surface area contributed by atoms with Gasteiger partial charge in [-0.25, -0.2) is 14.8 Å². The summed E-state index contributed by atoms with van der Waals surface area (Å²) in [4.78, 5) is 50.2. The highest BCUT2D eigenvalue weighted by molar-refractivity contribution is 6.31. The van der Waals surface area contributed by atoms with E-state index in [1.807, 2.05) is 27.7 Å². The fourth-order valence-corrected chi connectivity index (χ4v) is 6.52. The Hall–Kier alpha value is -3.08. The molecule has 0 unspecified atom stereocenters. The molecule has 234 valence electrons. The van der Waals surface area contributed by atoms with Gasteiger partial charge in [-0.05, 0) is 62.1 Å². The first kappa shape index (κ1) is 31.3. The molecule has 1 aromatic carbocycles. The zero-order valence-corrected chi connectivity index (χ0v) is 25.9. The number of aromatic nitrogens is 2. The Bertz CT molecular complexity index is 1420. The molecule has 2 aliphatic heterocycles. The monoisotopic (exact) mass is 620 g/mol. The van der Waals surface area contributed by atoms with Crippen molar-refractivity contribution in [1.82, 2.24) is 20.2 Å². The lowest BCUT2D eigenvalue weighted by molar-refractivity contribution is -0.141. The summed E-state index contributed by atoms with van der Waals surface area (Å²) in [6.45, 7) is 8.63. The number of amides is 2. The van der Waals surface area contributed by atoms with Crippen LogP contribution in [-0.2, 0) is 20.2 Å². The average molecular weight is 621 g/mol. The maximum Gasteiger partial charge on any atom is 0.408 e. The topological polar surface area (TPSA) is 111 Å². The van der Waals surface area contributed by atoms with Crippen molar-refractivity contribution in [2.45, 2.75) is 103 Å². The predicted molar refractivity (Wildman–Crippen MR) is 156 cm³/mol. The molecule has 1 saturated heterocycles. The first-order chi connectivity index (χ1) is 20.2. The molecule has 2 amide bonds. The standard InChI is InChI=1S/C31H39ClF2N4O5/c1-6-19-23-15-38(24(19)16(2)39)28(40)26(30(3,4)5)37-29(41)43-22-13-17(22)9-7-8-12-31(33,34)25-27(42-23)36-21-14-18(32)10-11-20(21)35-25/h10-11,14,17,19,22-24,26H,6-9,12-13,15H2,1-5H3,(H,37,41)/t17-,19-,22-,23+,24-,26-/m1/s1. The van der Waals surface area contributed by atoms with Gasteiger partial charge in [-0.3, -0.25) is 9.59 Å². The zero-order chi connectivity index (χ0) is 31.3. The van der Waals surface area contributed by atoms with Crippen molar-refractivity contribution in [3.05, 3.63) is 28.9 Å². The Morgan fingerprint density at radius 1 is 1.14 bits per heavy atom. The number of fused-ring (bicyclic) bond motifs is 5. The fourth-order valence-electron chi connectivity index (χ4n) is 6.35. The van der Waals surface area contributed by atoms with Crippen LogP contribution in [0.2, 0.25) is 5.02 Å². The van der Waals surface area contributed by atoms with Crippen LogP contribution in [0.3, 0.4) is 0 Å². The van der Waals surface area contributed by atoms with Crippen LogP contribution >= 0.6 is 11.6 Å². The zero-order valence-electron chi connectivity index (χ0n) is 25.2. The molecule has 6 atom stereocenters. The molecule has 1 saturated carbocycles. The molecule has 2 fully saturated rings. The van der Waals surface area contributed by atoms with Gasteiger partial charge in [-0.2, -0.15) is 8.78 Å². The molecule has 1 aliphatic carbocycles. The number of rotatable bonds is 2. The van der Waals surface area contributed by atoms with E-state index in [1.165, 1.54) is 24.0 Å². The number of carbonyl (C=O) groups is 3. The lowest BCUT2D eigenvalue weighted by atomic mass is 9.85. The van der Waals surface area contributed by atoms with Gasteiger partial charge in [0.05, 0.1) is 23.6 Å². The number of nitrogens with zero attached hydrogens (tertiary/aromatic N) is 3. The molecule has 12 heteroatoms. The number of halogens is 3. The molecule has 3 heterocycles. The quantitative estimate of drug-likeness (QED) is 0.435. The van der Waals surface area contributed by atoms with Crippen molar-refractivity contribution < 1.29 is 32.6 Å². The molecule has 9 nitrogen and oxygen atoms in total. The molecular weight excluding hydrogens is 582 g/mol. The highest BCUT2D eigenvalue weighted by Gasteiger charge is 2.51. The summed E-state index contributed by atoms with van der Waals surface area (Å²) < 4.78 is 43.6. The number of alkyl carbamates (subject to hydrolysis) is 1. The SMILES string of the molecule is CC[C@@H]1[C@@H]2CN(C(=O)[C@H](C(C)(C)C)NC(=O)O[C@@H]3C[C@H]3CCCCC(F)(F)c3nc4ccc(Cl)cc4nc3O2)[C@@H]1C(C)=O. The minimum Gasteiger partial charge on any atom is -0.471 e. The molecule has 1 aromatic heterocycles. The molecule has 3 aliphatic rings. The maximum atomic E-state index is 15.9. The van der Waals surface area contributed by atoms with Crippen molar-refractivity contribution in [2.75, 3.05) is 6.54 Å². The first-order valence-electron chi connectivity index (χ1n) is 15.0. The summed E-state index contributed by atoms with van der Waals surface area (Å²) in [5.74, 6) is -4.86. The van der Waals surface area contributed by atoms with Crippen LogP contribution in [0.25, 0.3) is 11.0 Å². The van der Waals surface area contributed by atoms with Gasteiger partial charge < -0.3 is 19.7 Å². The van der Waals surface area contributed by atoms with Crippen molar-refractivity contribution in [2.24, 2.45) is 17.3 Å². The van der Waals surface area contributed by atoms with Gasteiger partial charge in [-0.1, -0.05) is 45.7 Å². The van der Waals surface area contributed by atoms with Crippen molar-refractivity contribution in [1.29, 1.82) is 0 Å². The van der Waals surface area contributed by atoms with Gasteiger partial charge in [0.25, 0.3) is 5.92 Å². The van der Waals surface area contributed by atoms with Gasteiger partial charge in [0.1, 0.15) is 18.2 Å². The van der Waals surface area contributed by atoms with Gasteiger partial charge in [-0.15, -0.1) is 0 Å². The minimum absolute atomic E-state index is 0.0597. The average Bonchev–Trinajstić information content (AvgIpc) is 3.54. The van der Waals surface area contributed by atoms with E-state index < -0.39 is 59.6 Å². The Balaban J connectivity index is 1.59. The van der Waals surface area contributed by atoms with E-state index in [-0.39, 0.29) is 42.2 Å². The number of carbonyl (C=O) groups excluding carboxylic acids is 3. The third-order valence-electron chi connectivity index (χ3n) is 8.78. The van der Waals surface area contributed by atoms with Gasteiger partial charge >= 0.3 is 6.09 Å². The van der Waals surface area contributed by atoms with E-state index in [0.717, 1.165) is 0 Å². The second kappa shape index (κ2) is 11.8. The van der Waals surface area contributed by atoms with Crippen LogP contribution in [0.5, 0.6) is 5.88 Å². The second-order valence-electron chi connectivity index (χ2n) is 13.1. The molecule has 1 N–H and O–H groups in total. The highest BCUT2D eigenvalue weighted by Crippen LogP contribution is 2.43. The Labute approximate surface area is 255 Å².